The molecule has 0 heterocycles. The van der Waals surface area contributed by atoms with Crippen molar-refractivity contribution in [1.82, 2.24) is 10.6 Å². The number of aliphatic hydroxyl groups is 1. The lowest BCUT2D eigenvalue weighted by Crippen LogP contribution is -2.45. The van der Waals surface area contributed by atoms with Crippen molar-refractivity contribution < 1.29 is 24.2 Å². The van der Waals surface area contributed by atoms with E-state index in [-0.39, 0.29) is 36.3 Å². The van der Waals surface area contributed by atoms with Gasteiger partial charge in [0.15, 0.2) is 17.5 Å². The predicted octanol–water partition coefficient (Wildman–Crippen LogP) is 2.44. The third kappa shape index (κ3) is 8.42. The highest BCUT2D eigenvalue weighted by Gasteiger charge is 2.28. The van der Waals surface area contributed by atoms with Crippen molar-refractivity contribution in [3.63, 3.8) is 0 Å². The highest BCUT2D eigenvalue weighted by atomic mass is 16.5. The quantitative estimate of drug-likeness (QED) is 0.311. The predicted molar refractivity (Wildman–Crippen MR) is 134 cm³/mol. The highest BCUT2D eigenvalue weighted by Crippen LogP contribution is 2.29. The number of methoxy groups -OCH3 is 2. The van der Waals surface area contributed by atoms with E-state index < -0.39 is 6.04 Å². The van der Waals surface area contributed by atoms with Crippen molar-refractivity contribution in [2.24, 2.45) is 16.6 Å². The Hall–Kier alpha value is -2.81. The maximum atomic E-state index is 13.1. The molecule has 0 bridgehead atoms. The van der Waals surface area contributed by atoms with Crippen molar-refractivity contribution in [3.05, 3.63) is 23.8 Å². The van der Waals surface area contributed by atoms with Crippen molar-refractivity contribution in [2.75, 3.05) is 14.2 Å². The van der Waals surface area contributed by atoms with Gasteiger partial charge in [-0.1, -0.05) is 38.2 Å². The summed E-state index contributed by atoms with van der Waals surface area (Å²) in [6, 6.07) is 4.66. The number of nitrogens with one attached hydrogen (secondary N) is 2. The molecule has 1 aromatic carbocycles. The number of ether oxygens (including phenoxy) is 2. The summed E-state index contributed by atoms with van der Waals surface area (Å²) >= 11 is 0. The van der Waals surface area contributed by atoms with Gasteiger partial charge in [0.1, 0.15) is 6.04 Å². The van der Waals surface area contributed by atoms with Crippen LogP contribution in [0.3, 0.4) is 0 Å². The van der Waals surface area contributed by atoms with Crippen LogP contribution in [-0.2, 0) is 16.0 Å². The molecular formula is C26H40N4O5. The van der Waals surface area contributed by atoms with Crippen molar-refractivity contribution in [1.29, 1.82) is 0 Å². The van der Waals surface area contributed by atoms with Crippen LogP contribution < -0.4 is 25.8 Å². The maximum Gasteiger partial charge on any atom is 0.245 e. The molecule has 1 aromatic rings. The molecule has 2 amide bonds. The molecule has 0 spiro atoms. The average molecular weight is 489 g/mol. The fourth-order valence-corrected chi connectivity index (χ4v) is 5.04. The van der Waals surface area contributed by atoms with Gasteiger partial charge >= 0.3 is 0 Å². The van der Waals surface area contributed by atoms with Gasteiger partial charge in [0.25, 0.3) is 0 Å². The van der Waals surface area contributed by atoms with E-state index in [1.807, 2.05) is 0 Å². The Morgan fingerprint density at radius 2 is 1.74 bits per heavy atom. The first-order valence-electron chi connectivity index (χ1n) is 12.7. The molecule has 0 aromatic heterocycles. The van der Waals surface area contributed by atoms with Crippen LogP contribution in [0.25, 0.3) is 0 Å². The van der Waals surface area contributed by atoms with Gasteiger partial charge in [-0.25, -0.2) is 4.99 Å². The van der Waals surface area contributed by atoms with E-state index in [0.717, 1.165) is 31.2 Å². The van der Waals surface area contributed by atoms with Crippen LogP contribution in [-0.4, -0.2) is 55.3 Å². The van der Waals surface area contributed by atoms with Crippen LogP contribution in [0.15, 0.2) is 23.2 Å². The number of benzene rings is 1. The molecule has 3 rings (SSSR count). The molecule has 0 aliphatic heterocycles. The number of guanidine groups is 1. The number of amides is 2. The first kappa shape index (κ1) is 26.8. The summed E-state index contributed by atoms with van der Waals surface area (Å²) in [5.41, 5.74) is 6.83. The number of hydrogen-bond acceptors (Lipinski definition) is 6. The topological polar surface area (TPSA) is 135 Å². The van der Waals surface area contributed by atoms with Gasteiger partial charge in [-0.05, 0) is 55.7 Å². The standard InChI is InChI=1S/C26H40N4O5/c1-34-22-13-8-18(15-23(22)35-2)16-24(32)30-26(27)29-21(14-17-6-4-3-5-7-17)25(33)28-19-9-11-20(31)12-10-19/h8,13,15,17,19-21,31H,3-7,9-12,14,16H2,1-2H3,(H,28,33)(H3,27,29,30,32). The van der Waals surface area contributed by atoms with Gasteiger partial charge < -0.3 is 25.6 Å². The lowest BCUT2D eigenvalue weighted by atomic mass is 9.84. The van der Waals surface area contributed by atoms with Crippen LogP contribution in [0.4, 0.5) is 0 Å². The molecule has 5 N–H and O–H groups in total. The number of carbonyl (C=O) groups excluding carboxylic acids is 2. The molecule has 1 atom stereocenters. The van der Waals surface area contributed by atoms with Gasteiger partial charge in [0.05, 0.1) is 26.7 Å². The van der Waals surface area contributed by atoms with Crippen molar-refractivity contribution in [3.8, 4) is 11.5 Å². The first-order valence-corrected chi connectivity index (χ1v) is 12.7. The monoisotopic (exact) mass is 488 g/mol. The largest absolute Gasteiger partial charge is 0.493 e. The summed E-state index contributed by atoms with van der Waals surface area (Å²) in [4.78, 5) is 30.2. The van der Waals surface area contributed by atoms with Crippen LogP contribution in [0.2, 0.25) is 0 Å². The van der Waals surface area contributed by atoms with Crippen LogP contribution >= 0.6 is 0 Å². The summed E-state index contributed by atoms with van der Waals surface area (Å²) in [6.45, 7) is 0. The third-order valence-electron chi connectivity index (χ3n) is 7.00. The molecule has 0 saturated heterocycles. The molecule has 2 aliphatic rings. The Kier molecular flexibility index (Phi) is 10.2. The number of rotatable bonds is 9. The third-order valence-corrected chi connectivity index (χ3v) is 7.00. The zero-order valence-electron chi connectivity index (χ0n) is 20.9. The van der Waals surface area contributed by atoms with Crippen molar-refractivity contribution in [2.45, 2.75) is 88.8 Å². The van der Waals surface area contributed by atoms with Gasteiger partial charge in [0.2, 0.25) is 11.8 Å². The van der Waals surface area contributed by atoms with Crippen molar-refractivity contribution >= 4 is 17.8 Å². The van der Waals surface area contributed by atoms with E-state index in [1.165, 1.54) is 19.3 Å². The van der Waals surface area contributed by atoms with Crippen LogP contribution in [0.1, 0.15) is 69.8 Å². The molecular weight excluding hydrogens is 448 g/mol. The normalized spacial score (nSPS) is 22.2. The second-order valence-corrected chi connectivity index (χ2v) is 9.70. The summed E-state index contributed by atoms with van der Waals surface area (Å²) in [6.07, 6.45) is 9.04. The lowest BCUT2D eigenvalue weighted by molar-refractivity contribution is -0.124. The molecule has 2 saturated carbocycles. The fraction of sp³-hybridized carbons (Fsp3) is 0.654. The Morgan fingerprint density at radius 3 is 2.40 bits per heavy atom. The number of nitrogens with zero attached hydrogens (tertiary/aromatic N) is 1. The Bertz CT molecular complexity index is 876. The van der Waals surface area contributed by atoms with Crippen LogP contribution in [0, 0.1) is 5.92 Å². The first-order chi connectivity index (χ1) is 16.9. The van der Waals surface area contributed by atoms with Gasteiger partial charge in [-0.3, -0.25) is 14.9 Å². The maximum absolute atomic E-state index is 13.1. The molecule has 2 fully saturated rings. The second kappa shape index (κ2) is 13.3. The fourth-order valence-electron chi connectivity index (χ4n) is 5.04. The molecule has 194 valence electrons. The minimum atomic E-state index is -0.647. The minimum absolute atomic E-state index is 0.0378. The zero-order chi connectivity index (χ0) is 25.2. The molecule has 9 heteroatoms. The molecule has 1 unspecified atom stereocenters. The molecule has 0 radical (unpaired) electrons. The minimum Gasteiger partial charge on any atom is -0.493 e. The number of aliphatic hydroxyl groups excluding tert-OH is 1. The smallest absolute Gasteiger partial charge is 0.245 e. The Labute approximate surface area is 207 Å². The average Bonchev–Trinajstić information content (AvgIpc) is 2.85. The molecule has 2 aliphatic carbocycles. The summed E-state index contributed by atoms with van der Waals surface area (Å²) in [5, 5.41) is 15.5. The van der Waals surface area contributed by atoms with E-state index in [1.54, 1.807) is 32.4 Å². The summed E-state index contributed by atoms with van der Waals surface area (Å²) < 4.78 is 10.5. The number of aliphatic imine (C=N–C) groups is 1. The highest BCUT2D eigenvalue weighted by molar-refractivity contribution is 5.98. The lowest BCUT2D eigenvalue weighted by Gasteiger charge is -2.29. The van der Waals surface area contributed by atoms with E-state index >= 15 is 0 Å². The molecule has 9 nitrogen and oxygen atoms in total. The summed E-state index contributed by atoms with van der Waals surface area (Å²) in [7, 11) is 3.10. The van der Waals surface area contributed by atoms with Gasteiger partial charge in [-0.15, -0.1) is 0 Å². The van der Waals surface area contributed by atoms with E-state index in [9.17, 15) is 14.7 Å². The molecule has 35 heavy (non-hydrogen) atoms. The second-order valence-electron chi connectivity index (χ2n) is 9.70. The Balaban J connectivity index is 1.63. The van der Waals surface area contributed by atoms with Crippen LogP contribution in [0.5, 0.6) is 11.5 Å². The van der Waals surface area contributed by atoms with Gasteiger partial charge in [0, 0.05) is 6.04 Å². The zero-order valence-corrected chi connectivity index (χ0v) is 20.9. The van der Waals surface area contributed by atoms with Gasteiger partial charge in [-0.2, -0.15) is 0 Å². The van der Waals surface area contributed by atoms with E-state index in [4.69, 9.17) is 15.2 Å². The Morgan fingerprint density at radius 1 is 1.06 bits per heavy atom. The van der Waals surface area contributed by atoms with E-state index in [2.05, 4.69) is 15.6 Å². The van der Waals surface area contributed by atoms with E-state index in [0.29, 0.717) is 36.7 Å². The number of carbonyl (C=O) groups is 2. The SMILES string of the molecule is COc1ccc(CC(=O)NC(N)=NC(CC2CCCCC2)C(=O)NC2CCC(O)CC2)cc1OC. The number of nitrogens with two attached hydrogens (primary N) is 1. The number of hydrogen-bond donors (Lipinski definition) is 4. The summed E-state index contributed by atoms with van der Waals surface area (Å²) in [5.74, 6) is 1.02.